The number of rotatable bonds is 3. The Morgan fingerprint density at radius 2 is 1.96 bits per heavy atom. The molecule has 1 amide bonds. The highest BCUT2D eigenvalue weighted by Gasteiger charge is 2.28. The van der Waals surface area contributed by atoms with E-state index in [1.165, 1.54) is 11.1 Å². The first kappa shape index (κ1) is 15.9. The van der Waals surface area contributed by atoms with E-state index < -0.39 is 0 Å². The van der Waals surface area contributed by atoms with Crippen molar-refractivity contribution in [3.8, 4) is 0 Å². The van der Waals surface area contributed by atoms with Crippen LogP contribution in [0.5, 0.6) is 0 Å². The highest BCUT2D eigenvalue weighted by atomic mass is 16.1. The van der Waals surface area contributed by atoms with E-state index in [1.54, 1.807) is 4.68 Å². The third kappa shape index (κ3) is 2.72. The summed E-state index contributed by atoms with van der Waals surface area (Å²) in [7, 11) is 1.91. The van der Waals surface area contributed by atoms with Crippen molar-refractivity contribution in [3.63, 3.8) is 0 Å². The van der Waals surface area contributed by atoms with Gasteiger partial charge in [-0.15, -0.1) is 0 Å². The average molecular weight is 356 g/mol. The molecule has 4 aromatic rings. The van der Waals surface area contributed by atoms with Crippen LogP contribution < -0.4 is 5.32 Å². The molecule has 3 heterocycles. The van der Waals surface area contributed by atoms with Gasteiger partial charge in [0, 0.05) is 43.7 Å². The quantitative estimate of drug-likeness (QED) is 0.605. The summed E-state index contributed by atoms with van der Waals surface area (Å²) in [5.41, 5.74) is 5.55. The molecule has 5 rings (SSSR count). The van der Waals surface area contributed by atoms with Crippen LogP contribution >= 0.6 is 0 Å². The molecule has 0 spiro atoms. The molecule has 1 aliphatic rings. The minimum atomic E-state index is 0.00173. The lowest BCUT2D eigenvalue weighted by atomic mass is 9.91. The SMILES string of the molecule is Cn1cc([C@@H]2CC(=O)Nc3cccc4c3c2cn4Cc2ccccc2)cn1. The van der Waals surface area contributed by atoms with Crippen molar-refractivity contribution in [3.05, 3.63) is 83.8 Å². The van der Waals surface area contributed by atoms with Gasteiger partial charge in [-0.25, -0.2) is 0 Å². The molecule has 0 radical (unpaired) electrons. The summed E-state index contributed by atoms with van der Waals surface area (Å²) in [6, 6.07) is 16.6. The van der Waals surface area contributed by atoms with Crippen LogP contribution in [0.4, 0.5) is 5.69 Å². The minimum Gasteiger partial charge on any atom is -0.343 e. The van der Waals surface area contributed by atoms with Crippen molar-refractivity contribution >= 4 is 22.5 Å². The van der Waals surface area contributed by atoms with Gasteiger partial charge in [-0.1, -0.05) is 36.4 Å². The Hall–Kier alpha value is -3.34. The lowest BCUT2D eigenvalue weighted by molar-refractivity contribution is -0.116. The van der Waals surface area contributed by atoms with Gasteiger partial charge in [0.2, 0.25) is 5.91 Å². The zero-order chi connectivity index (χ0) is 18.4. The molecule has 5 nitrogen and oxygen atoms in total. The van der Waals surface area contributed by atoms with Crippen molar-refractivity contribution in [2.24, 2.45) is 7.05 Å². The summed E-state index contributed by atoms with van der Waals surface area (Å²) in [5.74, 6) is 0.0454. The van der Waals surface area contributed by atoms with Crippen molar-refractivity contribution in [2.45, 2.75) is 18.9 Å². The minimum absolute atomic E-state index is 0.00173. The number of nitrogens with one attached hydrogen (secondary N) is 1. The normalized spacial score (nSPS) is 16.3. The molecular weight excluding hydrogens is 336 g/mol. The molecule has 0 saturated carbocycles. The first-order valence-electron chi connectivity index (χ1n) is 9.13. The van der Waals surface area contributed by atoms with Crippen LogP contribution in [0.2, 0.25) is 0 Å². The smallest absolute Gasteiger partial charge is 0.225 e. The van der Waals surface area contributed by atoms with Crippen molar-refractivity contribution in [1.29, 1.82) is 0 Å². The number of aromatic nitrogens is 3. The van der Waals surface area contributed by atoms with Crippen molar-refractivity contribution in [2.75, 3.05) is 5.32 Å². The summed E-state index contributed by atoms with van der Waals surface area (Å²) in [5, 5.41) is 8.54. The predicted octanol–water partition coefficient (Wildman–Crippen LogP) is 3.90. The van der Waals surface area contributed by atoms with Crippen LogP contribution in [0.15, 0.2) is 67.1 Å². The van der Waals surface area contributed by atoms with E-state index in [0.717, 1.165) is 28.7 Å². The first-order chi connectivity index (χ1) is 13.2. The second-order valence-corrected chi connectivity index (χ2v) is 7.15. The Morgan fingerprint density at radius 3 is 2.74 bits per heavy atom. The molecule has 1 atom stereocenters. The molecule has 0 aliphatic carbocycles. The Balaban J connectivity index is 1.70. The number of carbonyl (C=O) groups is 1. The molecule has 5 heteroatoms. The van der Waals surface area contributed by atoms with Crippen LogP contribution in [-0.2, 0) is 18.4 Å². The fourth-order valence-electron chi connectivity index (χ4n) is 4.08. The fraction of sp³-hybridized carbons (Fsp3) is 0.182. The highest BCUT2D eigenvalue weighted by Crippen LogP contribution is 2.40. The molecular formula is C22H20N4O. The molecule has 0 bridgehead atoms. The van der Waals surface area contributed by atoms with Crippen LogP contribution in [0.1, 0.15) is 29.0 Å². The van der Waals surface area contributed by atoms with E-state index in [0.29, 0.717) is 6.42 Å². The van der Waals surface area contributed by atoms with Crippen molar-refractivity contribution in [1.82, 2.24) is 14.3 Å². The lowest BCUT2D eigenvalue weighted by Crippen LogP contribution is -2.13. The van der Waals surface area contributed by atoms with Gasteiger partial charge in [0.15, 0.2) is 0 Å². The summed E-state index contributed by atoms with van der Waals surface area (Å²) in [6.45, 7) is 0.800. The van der Waals surface area contributed by atoms with E-state index in [9.17, 15) is 4.79 Å². The number of hydrogen-bond acceptors (Lipinski definition) is 2. The van der Waals surface area contributed by atoms with Crippen LogP contribution in [0.3, 0.4) is 0 Å². The number of nitrogens with zero attached hydrogens (tertiary/aromatic N) is 3. The fourth-order valence-corrected chi connectivity index (χ4v) is 4.08. The first-order valence-corrected chi connectivity index (χ1v) is 9.13. The zero-order valence-electron chi connectivity index (χ0n) is 15.1. The summed E-state index contributed by atoms with van der Waals surface area (Å²) >= 11 is 0. The Morgan fingerprint density at radius 1 is 1.11 bits per heavy atom. The van der Waals surface area contributed by atoms with E-state index >= 15 is 0 Å². The largest absolute Gasteiger partial charge is 0.343 e. The van der Waals surface area contributed by atoms with Gasteiger partial charge < -0.3 is 9.88 Å². The average Bonchev–Trinajstić information content (AvgIpc) is 3.22. The van der Waals surface area contributed by atoms with E-state index in [4.69, 9.17) is 0 Å². The summed E-state index contributed by atoms with van der Waals surface area (Å²) in [6.07, 6.45) is 6.50. The summed E-state index contributed by atoms with van der Waals surface area (Å²) < 4.78 is 4.08. The van der Waals surface area contributed by atoms with Gasteiger partial charge in [0.25, 0.3) is 0 Å². The van der Waals surface area contributed by atoms with E-state index in [1.807, 2.05) is 37.6 Å². The second-order valence-electron chi connectivity index (χ2n) is 7.15. The number of hydrogen-bond donors (Lipinski definition) is 1. The molecule has 0 saturated heterocycles. The third-order valence-corrected chi connectivity index (χ3v) is 5.30. The number of anilines is 1. The van der Waals surface area contributed by atoms with Crippen molar-refractivity contribution < 1.29 is 4.79 Å². The second kappa shape index (κ2) is 6.13. The number of carbonyl (C=O) groups excluding carboxylic acids is 1. The molecule has 0 fully saturated rings. The number of aryl methyl sites for hydroxylation is 1. The van der Waals surface area contributed by atoms with Gasteiger partial charge in [-0.3, -0.25) is 9.48 Å². The van der Waals surface area contributed by atoms with Crippen LogP contribution in [-0.4, -0.2) is 20.3 Å². The summed E-state index contributed by atoms with van der Waals surface area (Å²) in [4.78, 5) is 12.5. The number of benzene rings is 2. The monoisotopic (exact) mass is 356 g/mol. The van der Waals surface area contributed by atoms with Crippen LogP contribution in [0.25, 0.3) is 10.9 Å². The Labute approximate surface area is 157 Å². The van der Waals surface area contributed by atoms with Gasteiger partial charge in [0.05, 0.1) is 17.4 Å². The maximum Gasteiger partial charge on any atom is 0.225 e. The van der Waals surface area contributed by atoms with Gasteiger partial charge in [-0.05, 0) is 28.8 Å². The number of amides is 1. The van der Waals surface area contributed by atoms with E-state index in [-0.39, 0.29) is 11.8 Å². The molecule has 2 aromatic carbocycles. The van der Waals surface area contributed by atoms with Gasteiger partial charge >= 0.3 is 0 Å². The maximum absolute atomic E-state index is 12.5. The molecule has 27 heavy (non-hydrogen) atoms. The Kier molecular flexibility index (Phi) is 3.60. The van der Waals surface area contributed by atoms with Crippen LogP contribution in [0, 0.1) is 0 Å². The van der Waals surface area contributed by atoms with Gasteiger partial charge in [-0.2, -0.15) is 5.10 Å². The highest BCUT2D eigenvalue weighted by molar-refractivity contribution is 6.06. The molecule has 134 valence electrons. The molecule has 0 unspecified atom stereocenters. The van der Waals surface area contributed by atoms with Gasteiger partial charge in [0.1, 0.15) is 0 Å². The lowest BCUT2D eigenvalue weighted by Gasteiger charge is -2.11. The zero-order valence-corrected chi connectivity index (χ0v) is 15.1. The topological polar surface area (TPSA) is 51.9 Å². The molecule has 2 aromatic heterocycles. The standard InChI is InChI=1S/C22H20N4O/c1-25-13-16(11-23-25)17-10-21(27)24-19-8-5-9-20-22(19)18(17)14-26(20)12-15-6-3-2-4-7-15/h2-9,11,13-14,17H,10,12H2,1H3,(H,24,27)/t17-/m0/s1. The Bertz CT molecular complexity index is 1140. The van der Waals surface area contributed by atoms with E-state index in [2.05, 4.69) is 51.5 Å². The molecule has 1 N–H and O–H groups in total. The predicted molar refractivity (Wildman–Crippen MR) is 106 cm³/mol. The third-order valence-electron chi connectivity index (χ3n) is 5.30. The maximum atomic E-state index is 12.5. The molecule has 1 aliphatic heterocycles.